The van der Waals surface area contributed by atoms with E-state index >= 15 is 0 Å². The van der Waals surface area contributed by atoms with Crippen LogP contribution in [0.4, 0.5) is 0 Å². The van der Waals surface area contributed by atoms with Crippen molar-refractivity contribution >= 4 is 0 Å². The Labute approximate surface area is 155 Å². The molecule has 2 aliphatic rings. The summed E-state index contributed by atoms with van der Waals surface area (Å²) >= 11 is 0. The molecule has 3 heterocycles. The minimum absolute atomic E-state index is 0.531. The lowest BCUT2D eigenvalue weighted by Crippen LogP contribution is -2.56. The average Bonchev–Trinajstić information content (AvgIpc) is 3.21. The average molecular weight is 355 g/mol. The Kier molecular flexibility index (Phi) is 5.09. The van der Waals surface area contributed by atoms with Crippen molar-refractivity contribution in [2.45, 2.75) is 39.9 Å². The van der Waals surface area contributed by atoms with Gasteiger partial charge < -0.3 is 10.6 Å². The van der Waals surface area contributed by atoms with Gasteiger partial charge in [-0.2, -0.15) is 5.10 Å². The highest BCUT2D eigenvalue weighted by Gasteiger charge is 2.30. The molecule has 0 amide bonds. The number of hydrogen-bond donors (Lipinski definition) is 3. The second-order valence-electron chi connectivity index (χ2n) is 7.62. The molecule has 3 N–H and O–H groups in total. The summed E-state index contributed by atoms with van der Waals surface area (Å²) in [6.45, 7) is 11.6. The Balaban J connectivity index is 1.39. The topological polar surface area (TPSA) is 57.2 Å². The van der Waals surface area contributed by atoms with E-state index in [1.807, 2.05) is 0 Å². The van der Waals surface area contributed by atoms with Gasteiger partial charge in [0.05, 0.1) is 17.5 Å². The van der Waals surface area contributed by atoms with Crippen LogP contribution >= 0.6 is 0 Å². The highest BCUT2D eigenvalue weighted by molar-refractivity contribution is 5.42. The van der Waals surface area contributed by atoms with E-state index in [-0.39, 0.29) is 0 Å². The fourth-order valence-corrected chi connectivity index (χ4v) is 4.16. The van der Waals surface area contributed by atoms with Gasteiger partial charge in [-0.15, -0.1) is 0 Å². The van der Waals surface area contributed by atoms with Crippen LogP contribution in [0.2, 0.25) is 0 Å². The quantitative estimate of drug-likeness (QED) is 0.762. The van der Waals surface area contributed by atoms with Gasteiger partial charge in [0.1, 0.15) is 0 Å². The molecule has 2 aromatic rings. The predicted molar refractivity (Wildman–Crippen MR) is 104 cm³/mol. The van der Waals surface area contributed by atoms with Gasteiger partial charge in [-0.25, -0.2) is 9.69 Å². The Hall–Kier alpha value is -1.73. The minimum Gasteiger partial charge on any atom is -0.312 e. The molecule has 26 heavy (non-hydrogen) atoms. The molecule has 0 saturated carbocycles. The third-order valence-electron chi connectivity index (χ3n) is 5.73. The molecular weight excluding hydrogens is 324 g/mol. The van der Waals surface area contributed by atoms with Crippen LogP contribution in [0, 0.1) is 26.7 Å². The standard InChI is InChI=1S/C20H30N6/c1-14-6-4-5-7-19(14)26-16(3)18(15(2)24-26)12-21-10-17-11-22-20-8-9-23-25(20)13-17/h4-7,17,20-23H,8-13H2,1-3H3. The number of nitrogens with one attached hydrogen (secondary N) is 3. The molecule has 140 valence electrons. The second-order valence-corrected chi connectivity index (χ2v) is 7.62. The zero-order valence-corrected chi connectivity index (χ0v) is 16.0. The summed E-state index contributed by atoms with van der Waals surface area (Å²) in [7, 11) is 0. The Morgan fingerprint density at radius 2 is 2.08 bits per heavy atom. The van der Waals surface area contributed by atoms with E-state index in [9.17, 15) is 0 Å². The monoisotopic (exact) mass is 354 g/mol. The summed E-state index contributed by atoms with van der Waals surface area (Å²) < 4.78 is 2.09. The SMILES string of the molecule is Cc1ccccc1-n1nc(C)c(CNCC2CNC3CCNN3C2)c1C. The number of hydrazine groups is 1. The molecule has 0 spiro atoms. The number of benzene rings is 1. The van der Waals surface area contributed by atoms with Gasteiger partial charge in [0.15, 0.2) is 0 Å². The number of para-hydroxylation sites is 1. The van der Waals surface area contributed by atoms with Crippen molar-refractivity contribution in [3.8, 4) is 5.69 Å². The molecule has 2 saturated heterocycles. The van der Waals surface area contributed by atoms with Gasteiger partial charge in [0.25, 0.3) is 0 Å². The molecular formula is C20H30N6. The largest absolute Gasteiger partial charge is 0.312 e. The second kappa shape index (κ2) is 7.48. The van der Waals surface area contributed by atoms with Crippen LogP contribution in [-0.4, -0.2) is 47.1 Å². The fourth-order valence-electron chi connectivity index (χ4n) is 4.16. The van der Waals surface area contributed by atoms with Gasteiger partial charge in [-0.05, 0) is 44.7 Å². The van der Waals surface area contributed by atoms with Gasteiger partial charge in [-0.1, -0.05) is 18.2 Å². The third kappa shape index (κ3) is 3.42. The van der Waals surface area contributed by atoms with Crippen LogP contribution < -0.4 is 16.1 Å². The maximum absolute atomic E-state index is 4.80. The first kappa shape index (κ1) is 17.7. The molecule has 0 bridgehead atoms. The molecule has 2 aliphatic heterocycles. The third-order valence-corrected chi connectivity index (χ3v) is 5.73. The van der Waals surface area contributed by atoms with Crippen molar-refractivity contribution in [2.24, 2.45) is 5.92 Å². The van der Waals surface area contributed by atoms with Crippen molar-refractivity contribution in [3.05, 3.63) is 46.8 Å². The van der Waals surface area contributed by atoms with Gasteiger partial charge >= 0.3 is 0 Å². The van der Waals surface area contributed by atoms with Crippen molar-refractivity contribution in [3.63, 3.8) is 0 Å². The zero-order valence-electron chi connectivity index (χ0n) is 16.0. The fraction of sp³-hybridized carbons (Fsp3) is 0.550. The van der Waals surface area contributed by atoms with E-state index in [0.717, 1.165) is 38.4 Å². The summed E-state index contributed by atoms with van der Waals surface area (Å²) in [4.78, 5) is 0. The number of aromatic nitrogens is 2. The molecule has 2 fully saturated rings. The van der Waals surface area contributed by atoms with Crippen molar-refractivity contribution in [1.29, 1.82) is 0 Å². The van der Waals surface area contributed by atoms with Crippen LogP contribution in [0.5, 0.6) is 0 Å². The van der Waals surface area contributed by atoms with E-state index in [0.29, 0.717) is 12.1 Å². The predicted octanol–water partition coefficient (Wildman–Crippen LogP) is 1.64. The zero-order chi connectivity index (χ0) is 18.1. The van der Waals surface area contributed by atoms with Gasteiger partial charge in [-0.3, -0.25) is 5.43 Å². The van der Waals surface area contributed by atoms with Gasteiger partial charge in [0.2, 0.25) is 0 Å². The molecule has 1 aromatic carbocycles. The molecule has 6 nitrogen and oxygen atoms in total. The first-order chi connectivity index (χ1) is 12.6. The lowest BCUT2D eigenvalue weighted by atomic mass is 10.1. The lowest BCUT2D eigenvalue weighted by Gasteiger charge is -2.35. The van der Waals surface area contributed by atoms with E-state index in [2.05, 4.69) is 70.8 Å². The number of aryl methyl sites for hydroxylation is 2. The first-order valence-electron chi connectivity index (χ1n) is 9.69. The van der Waals surface area contributed by atoms with Crippen LogP contribution in [-0.2, 0) is 6.54 Å². The molecule has 0 aliphatic carbocycles. The van der Waals surface area contributed by atoms with Crippen molar-refractivity contribution < 1.29 is 0 Å². The van der Waals surface area contributed by atoms with E-state index in [4.69, 9.17) is 5.10 Å². The van der Waals surface area contributed by atoms with E-state index in [1.54, 1.807) is 0 Å². The summed E-state index contributed by atoms with van der Waals surface area (Å²) in [5.74, 6) is 0.629. The lowest BCUT2D eigenvalue weighted by molar-refractivity contribution is 0.0904. The molecule has 0 radical (unpaired) electrons. The summed E-state index contributed by atoms with van der Waals surface area (Å²) in [6, 6.07) is 8.43. The molecule has 2 unspecified atom stereocenters. The maximum Gasteiger partial charge on any atom is 0.0745 e. The smallest absolute Gasteiger partial charge is 0.0745 e. The first-order valence-corrected chi connectivity index (χ1v) is 9.69. The van der Waals surface area contributed by atoms with Gasteiger partial charge in [0, 0.05) is 44.0 Å². The van der Waals surface area contributed by atoms with Crippen molar-refractivity contribution in [2.75, 3.05) is 26.2 Å². The minimum atomic E-state index is 0.531. The summed E-state index contributed by atoms with van der Waals surface area (Å²) in [5.41, 5.74) is 9.54. The van der Waals surface area contributed by atoms with Crippen LogP contribution in [0.1, 0.15) is 28.9 Å². The number of fused-ring (bicyclic) bond motifs is 1. The maximum atomic E-state index is 4.80. The number of nitrogens with zero attached hydrogens (tertiary/aromatic N) is 3. The molecule has 1 aromatic heterocycles. The highest BCUT2D eigenvalue weighted by Crippen LogP contribution is 2.20. The number of hydrogen-bond acceptors (Lipinski definition) is 5. The molecule has 4 rings (SSSR count). The summed E-state index contributed by atoms with van der Waals surface area (Å²) in [6.07, 6.45) is 1.74. The highest BCUT2D eigenvalue weighted by atomic mass is 15.6. The van der Waals surface area contributed by atoms with Crippen LogP contribution in [0.25, 0.3) is 5.69 Å². The Morgan fingerprint density at radius 3 is 2.92 bits per heavy atom. The van der Waals surface area contributed by atoms with E-state index < -0.39 is 0 Å². The molecule has 6 heteroatoms. The van der Waals surface area contributed by atoms with Crippen molar-refractivity contribution in [1.82, 2.24) is 30.8 Å². The normalized spacial score (nSPS) is 23.3. The van der Waals surface area contributed by atoms with Crippen LogP contribution in [0.3, 0.4) is 0 Å². The van der Waals surface area contributed by atoms with Crippen LogP contribution in [0.15, 0.2) is 24.3 Å². The number of rotatable bonds is 5. The summed E-state index contributed by atoms with van der Waals surface area (Å²) in [5, 5.41) is 14.5. The molecule has 2 atom stereocenters. The Morgan fingerprint density at radius 1 is 1.23 bits per heavy atom. The van der Waals surface area contributed by atoms with E-state index in [1.165, 1.54) is 28.9 Å². The Bertz CT molecular complexity index is 768.